The zero-order valence-corrected chi connectivity index (χ0v) is 18.4. The molecule has 0 saturated heterocycles. The van der Waals surface area contributed by atoms with Crippen LogP contribution in [0.2, 0.25) is 0 Å². The lowest BCUT2D eigenvalue weighted by Gasteiger charge is -2.35. The number of nitrogens with two attached hydrogens (primary N) is 1. The van der Waals surface area contributed by atoms with Gasteiger partial charge in [0.2, 0.25) is 17.7 Å². The van der Waals surface area contributed by atoms with Crippen molar-refractivity contribution < 1.29 is 18.3 Å². The van der Waals surface area contributed by atoms with Crippen molar-refractivity contribution in [3.05, 3.63) is 29.8 Å². The molecule has 1 saturated carbocycles. The minimum atomic E-state index is -3.00. The van der Waals surface area contributed by atoms with Crippen molar-refractivity contribution >= 4 is 17.7 Å². The molecule has 10 nitrogen and oxygen atoms in total. The number of carbonyl (C=O) groups excluding carboxylic acids is 1. The molecule has 3 rings (SSSR count). The van der Waals surface area contributed by atoms with Crippen molar-refractivity contribution in [3.63, 3.8) is 0 Å². The Bertz CT molecular complexity index is 1030. The predicted octanol–water partition coefficient (Wildman–Crippen LogP) is 2.63. The van der Waals surface area contributed by atoms with Crippen LogP contribution < -0.4 is 21.1 Å². The Morgan fingerprint density at radius 1 is 1.36 bits per heavy atom. The van der Waals surface area contributed by atoms with Crippen molar-refractivity contribution in [2.45, 2.75) is 58.0 Å². The van der Waals surface area contributed by atoms with Gasteiger partial charge in [-0.3, -0.25) is 4.79 Å². The highest BCUT2D eigenvalue weighted by atomic mass is 19.3. The average molecular weight is 460 g/mol. The van der Waals surface area contributed by atoms with Crippen molar-refractivity contribution in [1.82, 2.24) is 19.9 Å². The van der Waals surface area contributed by atoms with Crippen LogP contribution in [0.5, 0.6) is 5.88 Å². The molecule has 1 fully saturated rings. The number of alkyl halides is 2. The fourth-order valence-electron chi connectivity index (χ4n) is 3.47. The largest absolute Gasteiger partial charge is 0.471 e. The van der Waals surface area contributed by atoms with Gasteiger partial charge < -0.3 is 21.1 Å². The van der Waals surface area contributed by atoms with Gasteiger partial charge in [-0.2, -0.15) is 10.2 Å². The number of nitriles is 1. The van der Waals surface area contributed by atoms with Crippen LogP contribution in [0, 0.1) is 16.7 Å². The number of ether oxygens (including phenoxy) is 1. The molecule has 33 heavy (non-hydrogen) atoms. The summed E-state index contributed by atoms with van der Waals surface area (Å²) >= 11 is 0. The SMILES string of the molecule is CC(F)(F)COc1ncncc1CNc1ncc(C#N)c(N[C@H]2CC[C@@](C)(C(N)=O)CC2)n1. The van der Waals surface area contributed by atoms with Gasteiger partial charge in [-0.1, -0.05) is 6.92 Å². The van der Waals surface area contributed by atoms with Gasteiger partial charge in [-0.05, 0) is 25.7 Å². The normalized spacial score (nSPS) is 20.5. The zero-order valence-electron chi connectivity index (χ0n) is 18.4. The maximum absolute atomic E-state index is 13.1. The fraction of sp³-hybridized carbons (Fsp3) is 0.524. The highest BCUT2D eigenvalue weighted by Crippen LogP contribution is 2.36. The molecule has 0 bridgehead atoms. The first kappa shape index (κ1) is 24.0. The van der Waals surface area contributed by atoms with Crippen LogP contribution in [0.4, 0.5) is 20.5 Å². The molecule has 0 aromatic carbocycles. The number of halogens is 2. The highest BCUT2D eigenvalue weighted by Gasteiger charge is 2.36. The van der Waals surface area contributed by atoms with Gasteiger partial charge in [-0.25, -0.2) is 23.7 Å². The van der Waals surface area contributed by atoms with E-state index >= 15 is 0 Å². The smallest absolute Gasteiger partial charge is 0.278 e. The summed E-state index contributed by atoms with van der Waals surface area (Å²) in [5, 5.41) is 15.7. The molecular weight excluding hydrogens is 434 g/mol. The average Bonchev–Trinajstić information content (AvgIpc) is 2.78. The van der Waals surface area contributed by atoms with E-state index in [1.807, 2.05) is 6.92 Å². The molecule has 1 aliphatic rings. The van der Waals surface area contributed by atoms with Crippen molar-refractivity contribution in [2.75, 3.05) is 17.2 Å². The Labute approximate surface area is 190 Å². The number of anilines is 2. The molecule has 0 spiro atoms. The van der Waals surface area contributed by atoms with Gasteiger partial charge in [-0.15, -0.1) is 0 Å². The summed E-state index contributed by atoms with van der Waals surface area (Å²) < 4.78 is 31.4. The number of hydrogen-bond donors (Lipinski definition) is 3. The van der Waals surface area contributed by atoms with Gasteiger partial charge in [0.25, 0.3) is 5.92 Å². The Morgan fingerprint density at radius 2 is 2.09 bits per heavy atom. The Balaban J connectivity index is 1.66. The molecule has 2 aromatic heterocycles. The number of rotatable bonds is 9. The lowest BCUT2D eigenvalue weighted by molar-refractivity contribution is -0.128. The van der Waals surface area contributed by atoms with Gasteiger partial charge >= 0.3 is 0 Å². The number of hydrogen-bond acceptors (Lipinski definition) is 9. The minimum absolute atomic E-state index is 0.0329. The summed E-state index contributed by atoms with van der Waals surface area (Å²) in [6.07, 6.45) is 6.76. The first-order valence-corrected chi connectivity index (χ1v) is 10.5. The number of amides is 1. The topological polar surface area (TPSA) is 152 Å². The third kappa shape index (κ3) is 6.44. The van der Waals surface area contributed by atoms with E-state index in [4.69, 9.17) is 10.5 Å². The third-order valence-electron chi connectivity index (χ3n) is 5.58. The molecule has 0 unspecified atom stereocenters. The third-order valence-corrected chi connectivity index (χ3v) is 5.58. The maximum atomic E-state index is 13.1. The van der Waals surface area contributed by atoms with E-state index in [-0.39, 0.29) is 35.9 Å². The van der Waals surface area contributed by atoms with Crippen molar-refractivity contribution in [3.8, 4) is 11.9 Å². The lowest BCUT2D eigenvalue weighted by Crippen LogP contribution is -2.40. The van der Waals surface area contributed by atoms with Gasteiger partial charge in [0.05, 0.1) is 11.8 Å². The van der Waals surface area contributed by atoms with Gasteiger partial charge in [0, 0.05) is 31.1 Å². The molecule has 4 N–H and O–H groups in total. The number of primary amides is 1. The van der Waals surface area contributed by atoms with E-state index in [9.17, 15) is 18.8 Å². The molecule has 0 radical (unpaired) electrons. The Hall–Kier alpha value is -3.62. The van der Waals surface area contributed by atoms with E-state index in [0.29, 0.717) is 37.1 Å². The second-order valence-corrected chi connectivity index (χ2v) is 8.48. The van der Waals surface area contributed by atoms with Crippen LogP contribution in [0.3, 0.4) is 0 Å². The van der Waals surface area contributed by atoms with Crippen LogP contribution in [0.15, 0.2) is 18.7 Å². The van der Waals surface area contributed by atoms with Crippen LogP contribution in [-0.4, -0.2) is 44.4 Å². The van der Waals surface area contributed by atoms with Crippen LogP contribution in [-0.2, 0) is 11.3 Å². The quantitative estimate of drug-likeness (QED) is 0.513. The summed E-state index contributed by atoms with van der Waals surface area (Å²) in [4.78, 5) is 28.0. The minimum Gasteiger partial charge on any atom is -0.471 e. The zero-order chi connectivity index (χ0) is 24.1. The molecule has 2 aromatic rings. The van der Waals surface area contributed by atoms with Gasteiger partial charge in [0.15, 0.2) is 6.61 Å². The highest BCUT2D eigenvalue weighted by molar-refractivity contribution is 5.80. The predicted molar refractivity (Wildman–Crippen MR) is 115 cm³/mol. The summed E-state index contributed by atoms with van der Waals surface area (Å²) in [5.41, 5.74) is 5.72. The first-order valence-electron chi connectivity index (χ1n) is 10.5. The molecule has 12 heteroatoms. The van der Waals surface area contributed by atoms with E-state index in [1.54, 1.807) is 0 Å². The van der Waals surface area contributed by atoms with Crippen molar-refractivity contribution in [2.24, 2.45) is 11.1 Å². The van der Waals surface area contributed by atoms with E-state index in [1.165, 1.54) is 18.7 Å². The molecule has 0 atom stereocenters. The molecular formula is C21H26F2N8O2. The molecule has 176 valence electrons. The van der Waals surface area contributed by atoms with Crippen molar-refractivity contribution in [1.29, 1.82) is 5.26 Å². The van der Waals surface area contributed by atoms with Gasteiger partial charge in [0.1, 0.15) is 23.8 Å². The first-order chi connectivity index (χ1) is 15.6. The monoisotopic (exact) mass is 460 g/mol. The van der Waals surface area contributed by atoms with E-state index in [2.05, 4.69) is 36.6 Å². The second kappa shape index (κ2) is 9.89. The number of carbonyl (C=O) groups is 1. The number of nitrogens with zero attached hydrogens (tertiary/aromatic N) is 5. The summed E-state index contributed by atoms with van der Waals surface area (Å²) in [6, 6.07) is 2.09. The molecule has 0 aliphatic heterocycles. The molecule has 1 amide bonds. The van der Waals surface area contributed by atoms with E-state index in [0.717, 1.165) is 6.92 Å². The second-order valence-electron chi connectivity index (χ2n) is 8.48. The fourth-order valence-corrected chi connectivity index (χ4v) is 3.47. The maximum Gasteiger partial charge on any atom is 0.278 e. The number of nitrogens with one attached hydrogen (secondary N) is 2. The molecule has 2 heterocycles. The standard InChI is InChI=1S/C21H26F2N8O2/c1-20(18(25)32)5-3-15(4-6-20)30-16-13(7-24)9-27-19(31-16)28-10-14-8-26-12-29-17(14)33-11-21(2,22)23/h8-9,12,15H,3-6,10-11H2,1-2H3,(H2,25,32)(H2,27,28,30,31)/t15-,20+. The number of aromatic nitrogens is 4. The summed E-state index contributed by atoms with van der Waals surface area (Å²) in [7, 11) is 0. The Morgan fingerprint density at radius 3 is 2.73 bits per heavy atom. The molecule has 1 aliphatic carbocycles. The lowest BCUT2D eigenvalue weighted by atomic mass is 9.73. The Kier molecular flexibility index (Phi) is 7.20. The summed E-state index contributed by atoms with van der Waals surface area (Å²) in [5.74, 6) is -2.67. The summed E-state index contributed by atoms with van der Waals surface area (Å²) in [6.45, 7) is 1.93. The van der Waals surface area contributed by atoms with Crippen LogP contribution in [0.1, 0.15) is 50.7 Å². The van der Waals surface area contributed by atoms with E-state index < -0.39 is 17.9 Å². The van der Waals surface area contributed by atoms with Crippen LogP contribution >= 0.6 is 0 Å². The van der Waals surface area contributed by atoms with Crippen LogP contribution in [0.25, 0.3) is 0 Å².